The summed E-state index contributed by atoms with van der Waals surface area (Å²) in [6.45, 7) is 4.97. The molecule has 0 radical (unpaired) electrons. The molecular formula is C66H127NO5. The van der Waals surface area contributed by atoms with Crippen molar-refractivity contribution in [1.29, 1.82) is 0 Å². The first-order valence-electron chi connectivity index (χ1n) is 32.6. The number of amides is 1. The monoisotopic (exact) mass is 1010 g/mol. The second-order valence-corrected chi connectivity index (χ2v) is 22.4. The minimum atomic E-state index is -0.668. The van der Waals surface area contributed by atoms with E-state index in [0.29, 0.717) is 25.9 Å². The van der Waals surface area contributed by atoms with Crippen LogP contribution in [-0.2, 0) is 14.3 Å². The maximum absolute atomic E-state index is 12.5. The van der Waals surface area contributed by atoms with Gasteiger partial charge < -0.3 is 20.3 Å². The maximum atomic E-state index is 12.5. The summed E-state index contributed by atoms with van der Waals surface area (Å²) < 4.78 is 5.49. The van der Waals surface area contributed by atoms with Gasteiger partial charge in [0.2, 0.25) is 5.91 Å². The molecule has 3 N–H and O–H groups in total. The Balaban J connectivity index is 3.39. The highest BCUT2D eigenvalue weighted by atomic mass is 16.5. The zero-order valence-corrected chi connectivity index (χ0v) is 48.7. The number of esters is 1. The Morgan fingerprint density at radius 1 is 0.375 bits per heavy atom. The van der Waals surface area contributed by atoms with Crippen molar-refractivity contribution in [3.05, 3.63) is 24.3 Å². The van der Waals surface area contributed by atoms with Crippen molar-refractivity contribution in [2.45, 2.75) is 373 Å². The molecular weight excluding hydrogens is 887 g/mol. The van der Waals surface area contributed by atoms with Crippen LogP contribution in [-0.4, -0.2) is 47.4 Å². The number of ether oxygens (including phenoxy) is 1. The van der Waals surface area contributed by atoms with Crippen LogP contribution in [0.5, 0.6) is 0 Å². The van der Waals surface area contributed by atoms with E-state index in [1.807, 2.05) is 0 Å². The van der Waals surface area contributed by atoms with Gasteiger partial charge in [-0.3, -0.25) is 9.59 Å². The Labute approximate surface area is 450 Å². The van der Waals surface area contributed by atoms with Crippen LogP contribution in [0.2, 0.25) is 0 Å². The lowest BCUT2D eigenvalue weighted by molar-refractivity contribution is -0.143. The Bertz CT molecular complexity index is 1120. The van der Waals surface area contributed by atoms with Crippen molar-refractivity contribution in [3.8, 4) is 0 Å². The normalized spacial score (nSPS) is 12.7. The van der Waals surface area contributed by atoms with Gasteiger partial charge in [0.05, 0.1) is 25.4 Å². The second-order valence-electron chi connectivity index (χ2n) is 22.4. The lowest BCUT2D eigenvalue weighted by Gasteiger charge is -2.22. The summed E-state index contributed by atoms with van der Waals surface area (Å²) in [7, 11) is 0. The summed E-state index contributed by atoms with van der Waals surface area (Å²) in [5.41, 5.74) is 0. The molecule has 0 aromatic carbocycles. The van der Waals surface area contributed by atoms with E-state index in [-0.39, 0.29) is 18.5 Å². The number of allylic oxidation sites excluding steroid dienone is 4. The third-order valence-corrected chi connectivity index (χ3v) is 15.2. The molecule has 6 nitrogen and oxygen atoms in total. The van der Waals surface area contributed by atoms with Gasteiger partial charge in [0, 0.05) is 12.8 Å². The summed E-state index contributed by atoms with van der Waals surface area (Å²) in [6.07, 6.45) is 76.2. The van der Waals surface area contributed by atoms with Gasteiger partial charge in [-0.25, -0.2) is 0 Å². The average Bonchev–Trinajstić information content (AvgIpc) is 3.38. The Morgan fingerprint density at radius 3 is 0.986 bits per heavy atom. The summed E-state index contributed by atoms with van der Waals surface area (Å²) in [5.74, 6) is -0.0305. The van der Waals surface area contributed by atoms with Gasteiger partial charge >= 0.3 is 5.97 Å². The van der Waals surface area contributed by atoms with E-state index in [1.54, 1.807) is 0 Å². The number of carbonyl (C=O) groups excluding carboxylic acids is 2. The molecule has 0 saturated carbocycles. The van der Waals surface area contributed by atoms with Crippen molar-refractivity contribution in [2.75, 3.05) is 13.2 Å². The lowest BCUT2D eigenvalue weighted by Crippen LogP contribution is -2.45. The molecule has 72 heavy (non-hydrogen) atoms. The molecule has 0 aromatic rings. The Hall–Kier alpha value is -1.66. The number of aliphatic hydroxyl groups excluding tert-OH is 2. The van der Waals surface area contributed by atoms with E-state index in [2.05, 4.69) is 43.5 Å². The number of hydrogen-bond acceptors (Lipinski definition) is 5. The molecule has 0 spiro atoms. The quantitative estimate of drug-likeness (QED) is 0.0320. The van der Waals surface area contributed by atoms with E-state index in [1.165, 1.54) is 283 Å². The molecule has 6 heteroatoms. The minimum absolute atomic E-state index is 0.00873. The van der Waals surface area contributed by atoms with Gasteiger partial charge in [-0.15, -0.1) is 0 Å². The van der Waals surface area contributed by atoms with Gasteiger partial charge in [0.25, 0.3) is 0 Å². The first-order chi connectivity index (χ1) is 35.5. The van der Waals surface area contributed by atoms with Crippen molar-refractivity contribution in [2.24, 2.45) is 0 Å². The van der Waals surface area contributed by atoms with Crippen LogP contribution < -0.4 is 5.32 Å². The van der Waals surface area contributed by atoms with Crippen LogP contribution in [0.15, 0.2) is 24.3 Å². The standard InChI is InChI=1S/C66H127NO5/c1-3-5-7-9-11-13-15-17-19-27-32-36-40-44-48-52-56-60-66(71)72-61-57-53-49-45-41-37-33-29-26-24-22-20-21-23-25-28-31-35-39-43-47-51-55-59-65(70)67-63(62-68)64(69)58-54-50-46-42-38-34-30-18-16-14-12-10-8-6-4-2/h17,19,23,25,63-64,68-69H,3-16,18,20-22,24,26-62H2,1-2H3,(H,67,70)/b19-17-,25-23-. The van der Waals surface area contributed by atoms with Gasteiger partial charge in [0.15, 0.2) is 0 Å². The predicted octanol–water partition coefficient (Wildman–Crippen LogP) is 20.6. The van der Waals surface area contributed by atoms with Crippen molar-refractivity contribution in [1.82, 2.24) is 5.32 Å². The summed E-state index contributed by atoms with van der Waals surface area (Å²) in [4.78, 5) is 24.6. The van der Waals surface area contributed by atoms with Crippen molar-refractivity contribution >= 4 is 11.9 Å². The molecule has 0 saturated heterocycles. The zero-order chi connectivity index (χ0) is 52.2. The van der Waals surface area contributed by atoms with Crippen LogP contribution in [0.25, 0.3) is 0 Å². The number of hydrogen-bond donors (Lipinski definition) is 3. The smallest absolute Gasteiger partial charge is 0.305 e. The molecule has 0 aliphatic heterocycles. The van der Waals surface area contributed by atoms with Gasteiger partial charge in [-0.1, -0.05) is 295 Å². The third-order valence-electron chi connectivity index (χ3n) is 15.2. The highest BCUT2D eigenvalue weighted by Crippen LogP contribution is 2.18. The first kappa shape index (κ1) is 70.3. The molecule has 2 atom stereocenters. The minimum Gasteiger partial charge on any atom is -0.466 e. The van der Waals surface area contributed by atoms with E-state index in [0.717, 1.165) is 44.9 Å². The van der Waals surface area contributed by atoms with E-state index >= 15 is 0 Å². The number of rotatable bonds is 61. The average molecular weight is 1010 g/mol. The van der Waals surface area contributed by atoms with Crippen LogP contribution in [0.4, 0.5) is 0 Å². The van der Waals surface area contributed by atoms with E-state index in [4.69, 9.17) is 4.74 Å². The van der Waals surface area contributed by atoms with E-state index in [9.17, 15) is 19.8 Å². The zero-order valence-electron chi connectivity index (χ0n) is 48.7. The summed E-state index contributed by atoms with van der Waals surface area (Å²) >= 11 is 0. The second kappa shape index (κ2) is 61.9. The third kappa shape index (κ3) is 57.6. The first-order valence-corrected chi connectivity index (χ1v) is 32.6. The Kier molecular flexibility index (Phi) is 60.5. The topological polar surface area (TPSA) is 95.9 Å². The summed E-state index contributed by atoms with van der Waals surface area (Å²) in [6, 6.07) is -0.546. The fraction of sp³-hybridized carbons (Fsp3) is 0.909. The maximum Gasteiger partial charge on any atom is 0.305 e. The van der Waals surface area contributed by atoms with Crippen molar-refractivity contribution in [3.63, 3.8) is 0 Å². The molecule has 1 amide bonds. The van der Waals surface area contributed by atoms with Crippen LogP contribution in [0, 0.1) is 0 Å². The molecule has 0 aromatic heterocycles. The molecule has 2 unspecified atom stereocenters. The highest BCUT2D eigenvalue weighted by Gasteiger charge is 2.20. The van der Waals surface area contributed by atoms with Crippen LogP contribution in [0.1, 0.15) is 361 Å². The van der Waals surface area contributed by atoms with Crippen LogP contribution in [0.3, 0.4) is 0 Å². The molecule has 426 valence electrons. The van der Waals surface area contributed by atoms with Gasteiger partial charge in [-0.2, -0.15) is 0 Å². The molecule has 0 rings (SSSR count). The number of aliphatic hydroxyl groups is 2. The fourth-order valence-electron chi connectivity index (χ4n) is 10.2. The fourth-order valence-corrected chi connectivity index (χ4v) is 10.2. The number of nitrogens with one attached hydrogen (secondary N) is 1. The van der Waals surface area contributed by atoms with Crippen LogP contribution >= 0.6 is 0 Å². The number of unbranched alkanes of at least 4 members (excludes halogenated alkanes) is 46. The molecule has 0 aliphatic carbocycles. The van der Waals surface area contributed by atoms with E-state index < -0.39 is 12.1 Å². The SMILES string of the molecule is CCCCCCCC/C=C\CCCCCCCCCC(=O)OCCCCCCCCCCCCCC/C=C\CCCCCCCCCC(=O)NC(CO)C(O)CCCCCCCCCCCCCCCCC. The van der Waals surface area contributed by atoms with Crippen molar-refractivity contribution < 1.29 is 24.5 Å². The van der Waals surface area contributed by atoms with Gasteiger partial charge in [-0.05, 0) is 77.0 Å². The summed E-state index contributed by atoms with van der Waals surface area (Å²) in [5, 5.41) is 23.3. The van der Waals surface area contributed by atoms with Gasteiger partial charge in [0.1, 0.15) is 0 Å². The highest BCUT2D eigenvalue weighted by molar-refractivity contribution is 5.76. The molecule has 0 bridgehead atoms. The number of carbonyl (C=O) groups is 2. The molecule has 0 fully saturated rings. The largest absolute Gasteiger partial charge is 0.466 e. The Morgan fingerprint density at radius 2 is 0.653 bits per heavy atom. The lowest BCUT2D eigenvalue weighted by atomic mass is 10.0. The predicted molar refractivity (Wildman–Crippen MR) is 315 cm³/mol. The molecule has 0 aliphatic rings. The molecule has 0 heterocycles.